The van der Waals surface area contributed by atoms with E-state index in [1.165, 1.54) is 13.2 Å². The van der Waals surface area contributed by atoms with Crippen LogP contribution in [0.3, 0.4) is 0 Å². The number of hydrogen-bond donors (Lipinski definition) is 1. The van der Waals surface area contributed by atoms with Gasteiger partial charge in [0.25, 0.3) is 5.91 Å². The Morgan fingerprint density at radius 2 is 1.85 bits per heavy atom. The van der Waals surface area contributed by atoms with Crippen LogP contribution in [0.15, 0.2) is 66.9 Å². The number of amides is 1. The van der Waals surface area contributed by atoms with Crippen LogP contribution in [0.1, 0.15) is 22.3 Å². The van der Waals surface area contributed by atoms with Crippen molar-refractivity contribution in [2.45, 2.75) is 12.8 Å². The Labute approximate surface area is 158 Å². The molecule has 2 aromatic carbocycles. The summed E-state index contributed by atoms with van der Waals surface area (Å²) in [4.78, 5) is 16.2. The van der Waals surface area contributed by atoms with E-state index in [9.17, 15) is 9.18 Å². The topological polar surface area (TPSA) is 51.2 Å². The number of carbonyl (C=O) groups excluding carboxylic acids is 1. The average molecular weight is 364 g/mol. The van der Waals surface area contributed by atoms with E-state index < -0.39 is 0 Å². The molecule has 27 heavy (non-hydrogen) atoms. The molecule has 138 valence electrons. The molecule has 0 radical (unpaired) electrons. The van der Waals surface area contributed by atoms with Gasteiger partial charge in [0.2, 0.25) is 5.88 Å². The predicted molar refractivity (Wildman–Crippen MR) is 103 cm³/mol. The summed E-state index contributed by atoms with van der Waals surface area (Å²) in [5, 5.41) is 2.88. The Bertz CT molecular complexity index is 910. The first-order valence-electron chi connectivity index (χ1n) is 8.80. The lowest BCUT2D eigenvalue weighted by molar-refractivity contribution is 0.0949. The quantitative estimate of drug-likeness (QED) is 0.638. The molecule has 0 fully saturated rings. The Morgan fingerprint density at radius 3 is 2.59 bits per heavy atom. The molecule has 1 heterocycles. The van der Waals surface area contributed by atoms with Crippen LogP contribution in [-0.4, -0.2) is 24.5 Å². The fourth-order valence-corrected chi connectivity index (χ4v) is 2.86. The summed E-state index contributed by atoms with van der Waals surface area (Å²) in [6.45, 7) is 0.548. The standard InChI is InChI=1S/C22H21FN2O2/c1-27-22-19(8-5-15-25-22)21(26)24-14-4-6-16-10-12-17(13-11-16)18-7-2-3-9-20(18)23/h2-3,5,7-13,15H,4,6,14H2,1H3,(H,24,26). The second-order valence-electron chi connectivity index (χ2n) is 6.10. The highest BCUT2D eigenvalue weighted by molar-refractivity contribution is 5.96. The highest BCUT2D eigenvalue weighted by Crippen LogP contribution is 2.23. The summed E-state index contributed by atoms with van der Waals surface area (Å²) in [7, 11) is 1.49. The number of carbonyl (C=O) groups is 1. The van der Waals surface area contributed by atoms with Crippen LogP contribution in [0.25, 0.3) is 11.1 Å². The van der Waals surface area contributed by atoms with E-state index in [1.54, 1.807) is 30.5 Å². The van der Waals surface area contributed by atoms with Crippen molar-refractivity contribution < 1.29 is 13.9 Å². The third-order valence-electron chi connectivity index (χ3n) is 4.28. The zero-order valence-electron chi connectivity index (χ0n) is 15.1. The van der Waals surface area contributed by atoms with Crippen LogP contribution in [0.5, 0.6) is 5.88 Å². The normalized spacial score (nSPS) is 10.4. The highest BCUT2D eigenvalue weighted by atomic mass is 19.1. The number of pyridine rings is 1. The lowest BCUT2D eigenvalue weighted by atomic mass is 10.0. The van der Waals surface area contributed by atoms with Gasteiger partial charge in [-0.05, 0) is 42.2 Å². The van der Waals surface area contributed by atoms with Gasteiger partial charge in [-0.3, -0.25) is 4.79 Å². The van der Waals surface area contributed by atoms with Crippen LogP contribution in [0, 0.1) is 5.82 Å². The van der Waals surface area contributed by atoms with Crippen molar-refractivity contribution in [2.75, 3.05) is 13.7 Å². The van der Waals surface area contributed by atoms with Crippen molar-refractivity contribution in [1.29, 1.82) is 0 Å². The number of methoxy groups -OCH3 is 1. The van der Waals surface area contributed by atoms with Gasteiger partial charge in [-0.15, -0.1) is 0 Å². The molecule has 0 unspecified atom stereocenters. The lowest BCUT2D eigenvalue weighted by Gasteiger charge is -2.08. The van der Waals surface area contributed by atoms with Crippen molar-refractivity contribution >= 4 is 5.91 Å². The molecule has 3 rings (SSSR count). The summed E-state index contributed by atoms with van der Waals surface area (Å²) in [6.07, 6.45) is 3.20. The van der Waals surface area contributed by atoms with Crippen molar-refractivity contribution in [1.82, 2.24) is 10.3 Å². The number of benzene rings is 2. The molecule has 3 aromatic rings. The molecule has 0 aliphatic heterocycles. The van der Waals surface area contributed by atoms with Crippen molar-refractivity contribution in [3.05, 3.63) is 83.8 Å². The smallest absolute Gasteiger partial charge is 0.256 e. The number of aryl methyl sites for hydroxylation is 1. The van der Waals surface area contributed by atoms with Gasteiger partial charge in [0.05, 0.1) is 7.11 Å². The maximum atomic E-state index is 13.8. The molecule has 0 aliphatic carbocycles. The molecule has 0 saturated carbocycles. The Hall–Kier alpha value is -3.21. The molecule has 0 bridgehead atoms. The predicted octanol–water partition coefficient (Wildman–Crippen LogP) is 4.26. The monoisotopic (exact) mass is 364 g/mol. The second-order valence-corrected chi connectivity index (χ2v) is 6.10. The Balaban J connectivity index is 1.51. The molecule has 0 aliphatic rings. The van der Waals surface area contributed by atoms with Gasteiger partial charge in [0, 0.05) is 18.3 Å². The molecular formula is C22H21FN2O2. The van der Waals surface area contributed by atoms with Gasteiger partial charge in [-0.2, -0.15) is 0 Å². The third-order valence-corrected chi connectivity index (χ3v) is 4.28. The number of halogens is 1. The van der Waals surface area contributed by atoms with Gasteiger partial charge >= 0.3 is 0 Å². The highest BCUT2D eigenvalue weighted by Gasteiger charge is 2.11. The van der Waals surface area contributed by atoms with Crippen molar-refractivity contribution in [2.24, 2.45) is 0 Å². The van der Waals surface area contributed by atoms with Gasteiger partial charge in [-0.1, -0.05) is 42.5 Å². The molecule has 0 atom stereocenters. The minimum atomic E-state index is -0.223. The molecule has 4 nitrogen and oxygen atoms in total. The van der Waals surface area contributed by atoms with Crippen molar-refractivity contribution in [3.8, 4) is 17.0 Å². The number of ether oxygens (including phenoxy) is 1. The maximum Gasteiger partial charge on any atom is 0.256 e. The first-order valence-corrected chi connectivity index (χ1v) is 8.80. The largest absolute Gasteiger partial charge is 0.480 e. The van der Waals surface area contributed by atoms with Gasteiger partial charge in [0.15, 0.2) is 0 Å². The lowest BCUT2D eigenvalue weighted by Crippen LogP contribution is -2.25. The van der Waals surface area contributed by atoms with E-state index in [1.807, 2.05) is 30.3 Å². The van der Waals surface area contributed by atoms with Gasteiger partial charge in [0.1, 0.15) is 11.4 Å². The zero-order valence-corrected chi connectivity index (χ0v) is 15.1. The van der Waals surface area contributed by atoms with Crippen LogP contribution in [0.2, 0.25) is 0 Å². The zero-order chi connectivity index (χ0) is 19.1. The number of rotatable bonds is 7. The third kappa shape index (κ3) is 4.70. The molecule has 0 spiro atoms. The Morgan fingerprint density at radius 1 is 1.07 bits per heavy atom. The molecule has 1 N–H and O–H groups in total. The van der Waals surface area contributed by atoms with Crippen LogP contribution in [0.4, 0.5) is 4.39 Å². The van der Waals surface area contributed by atoms with Crippen LogP contribution >= 0.6 is 0 Å². The molecule has 1 amide bonds. The molecule has 5 heteroatoms. The van der Waals surface area contributed by atoms with E-state index in [-0.39, 0.29) is 11.7 Å². The van der Waals surface area contributed by atoms with Crippen LogP contribution < -0.4 is 10.1 Å². The number of aromatic nitrogens is 1. The summed E-state index contributed by atoms with van der Waals surface area (Å²) in [6, 6.07) is 18.0. The first-order chi connectivity index (χ1) is 13.2. The van der Waals surface area contributed by atoms with Gasteiger partial charge < -0.3 is 10.1 Å². The van der Waals surface area contributed by atoms with Crippen LogP contribution in [-0.2, 0) is 6.42 Å². The van der Waals surface area contributed by atoms with Gasteiger partial charge in [-0.25, -0.2) is 9.37 Å². The van der Waals surface area contributed by atoms with E-state index in [2.05, 4.69) is 10.3 Å². The first kappa shape index (κ1) is 18.6. The summed E-state index contributed by atoms with van der Waals surface area (Å²) >= 11 is 0. The average Bonchev–Trinajstić information content (AvgIpc) is 2.72. The number of nitrogens with zero attached hydrogens (tertiary/aromatic N) is 1. The number of hydrogen-bond acceptors (Lipinski definition) is 3. The molecule has 0 saturated heterocycles. The summed E-state index contributed by atoms with van der Waals surface area (Å²) in [5.74, 6) is -0.104. The SMILES string of the molecule is COc1ncccc1C(=O)NCCCc1ccc(-c2ccccc2F)cc1. The summed E-state index contributed by atoms with van der Waals surface area (Å²) < 4.78 is 18.9. The fraction of sp³-hybridized carbons (Fsp3) is 0.182. The number of nitrogens with one attached hydrogen (secondary N) is 1. The molecular weight excluding hydrogens is 343 g/mol. The van der Waals surface area contributed by atoms with Crippen molar-refractivity contribution in [3.63, 3.8) is 0 Å². The van der Waals surface area contributed by atoms with E-state index in [0.29, 0.717) is 23.6 Å². The minimum absolute atomic E-state index is 0.199. The van der Waals surface area contributed by atoms with E-state index in [4.69, 9.17) is 4.74 Å². The van der Waals surface area contributed by atoms with E-state index >= 15 is 0 Å². The second kappa shape index (κ2) is 8.94. The van der Waals surface area contributed by atoms with E-state index in [0.717, 1.165) is 24.0 Å². The molecule has 1 aromatic heterocycles. The fourth-order valence-electron chi connectivity index (χ4n) is 2.86. The summed E-state index contributed by atoms with van der Waals surface area (Å²) in [5.41, 5.74) is 3.02. The minimum Gasteiger partial charge on any atom is -0.480 e. The Kier molecular flexibility index (Phi) is 6.15. The maximum absolute atomic E-state index is 13.8.